The van der Waals surface area contributed by atoms with Crippen molar-refractivity contribution in [2.45, 2.75) is 32.1 Å². The number of hydrogen-bond donors (Lipinski definition) is 0. The first kappa shape index (κ1) is 17.0. The van der Waals surface area contributed by atoms with Gasteiger partial charge in [0.1, 0.15) is 0 Å². The summed E-state index contributed by atoms with van der Waals surface area (Å²) in [5.41, 5.74) is 2.64. The van der Waals surface area contributed by atoms with Crippen LogP contribution in [0.25, 0.3) is 0 Å². The van der Waals surface area contributed by atoms with Crippen molar-refractivity contribution in [3.63, 3.8) is 0 Å². The van der Waals surface area contributed by atoms with Crippen LogP contribution in [0.2, 0.25) is 0 Å². The molecule has 2 saturated heterocycles. The lowest BCUT2D eigenvalue weighted by atomic mass is 9.96. The van der Waals surface area contributed by atoms with Gasteiger partial charge in [-0.15, -0.1) is 0 Å². The van der Waals surface area contributed by atoms with Crippen LogP contribution in [0.5, 0.6) is 0 Å². The topological polar surface area (TPSA) is 32.8 Å². The molecule has 3 fully saturated rings. The first-order chi connectivity index (χ1) is 12.2. The molecule has 1 aromatic carbocycles. The van der Waals surface area contributed by atoms with Crippen LogP contribution in [0.4, 0.5) is 0 Å². The molecule has 4 nitrogen and oxygen atoms in total. The minimum atomic E-state index is 0.226. The van der Waals surface area contributed by atoms with Gasteiger partial charge in [0.05, 0.1) is 13.2 Å². The molecular formula is C21H30N2O2. The summed E-state index contributed by atoms with van der Waals surface area (Å²) in [6.07, 6.45) is 3.45. The molecule has 3 atom stereocenters. The van der Waals surface area contributed by atoms with E-state index < -0.39 is 0 Å². The highest BCUT2D eigenvalue weighted by Gasteiger charge is 2.46. The van der Waals surface area contributed by atoms with Gasteiger partial charge >= 0.3 is 0 Å². The van der Waals surface area contributed by atoms with Crippen molar-refractivity contribution in [2.24, 2.45) is 11.8 Å². The molecule has 0 aromatic heterocycles. The fraction of sp³-hybridized carbons (Fsp3) is 0.667. The molecule has 0 N–H and O–H groups in total. The summed E-state index contributed by atoms with van der Waals surface area (Å²) in [6, 6.07) is 8.67. The van der Waals surface area contributed by atoms with Crippen LogP contribution in [0, 0.1) is 18.8 Å². The Bertz CT molecular complexity index is 612. The van der Waals surface area contributed by atoms with E-state index in [4.69, 9.17) is 4.74 Å². The second kappa shape index (κ2) is 7.46. The molecule has 2 heterocycles. The predicted molar refractivity (Wildman–Crippen MR) is 98.6 cm³/mol. The molecule has 136 valence electrons. The number of benzene rings is 1. The van der Waals surface area contributed by atoms with Crippen LogP contribution in [-0.2, 0) is 9.53 Å². The number of carbonyl (C=O) groups excluding carboxylic acids is 1. The van der Waals surface area contributed by atoms with Gasteiger partial charge in [0.15, 0.2) is 0 Å². The third-order valence-corrected chi connectivity index (χ3v) is 6.03. The van der Waals surface area contributed by atoms with Gasteiger partial charge in [-0.25, -0.2) is 0 Å². The van der Waals surface area contributed by atoms with Crippen molar-refractivity contribution in [3.8, 4) is 0 Å². The zero-order valence-electron chi connectivity index (χ0n) is 15.3. The number of piperidine rings is 1. The average Bonchev–Trinajstić information content (AvgIpc) is 3.43. The summed E-state index contributed by atoms with van der Waals surface area (Å²) in [4.78, 5) is 17.6. The number of carbonyl (C=O) groups is 1. The van der Waals surface area contributed by atoms with Gasteiger partial charge in [0.2, 0.25) is 5.91 Å². The second-order valence-corrected chi connectivity index (χ2v) is 8.07. The first-order valence-electron chi connectivity index (χ1n) is 9.86. The Morgan fingerprint density at radius 1 is 1.24 bits per heavy atom. The molecule has 0 bridgehead atoms. The van der Waals surface area contributed by atoms with Crippen molar-refractivity contribution in [2.75, 3.05) is 45.9 Å². The number of nitrogens with zero attached hydrogens (tertiary/aromatic N) is 2. The lowest BCUT2D eigenvalue weighted by molar-refractivity contribution is -0.134. The standard InChI is InChI=1S/C21H30N2O2/c1-16-4-2-6-18(12-16)19-13-20(19)21(24)23-7-3-5-17(15-23)14-22-8-10-25-11-9-22/h2,4,6,12,17,19-20H,3,5,7-11,13-15H2,1H3/t17-,19+,20+/m1/s1. The SMILES string of the molecule is Cc1cccc([C@@H]2C[C@@H]2C(=O)N2CCC[C@H](CN3CCOCC3)C2)c1. The highest BCUT2D eigenvalue weighted by atomic mass is 16.5. The molecule has 0 radical (unpaired) electrons. The van der Waals surface area contributed by atoms with Crippen LogP contribution < -0.4 is 0 Å². The zero-order valence-corrected chi connectivity index (χ0v) is 15.3. The van der Waals surface area contributed by atoms with Gasteiger partial charge in [-0.05, 0) is 43.6 Å². The lowest BCUT2D eigenvalue weighted by Crippen LogP contribution is -2.46. The van der Waals surface area contributed by atoms with Gasteiger partial charge in [-0.1, -0.05) is 29.8 Å². The van der Waals surface area contributed by atoms with Crippen molar-refractivity contribution in [1.29, 1.82) is 0 Å². The number of hydrogen-bond acceptors (Lipinski definition) is 3. The molecule has 3 aliphatic rings. The number of amides is 1. The van der Waals surface area contributed by atoms with E-state index in [1.165, 1.54) is 17.5 Å². The summed E-state index contributed by atoms with van der Waals surface area (Å²) < 4.78 is 5.44. The molecule has 2 aliphatic heterocycles. The lowest BCUT2D eigenvalue weighted by Gasteiger charge is -2.37. The minimum Gasteiger partial charge on any atom is -0.379 e. The summed E-state index contributed by atoms with van der Waals surface area (Å²) in [5, 5.41) is 0. The molecule has 4 heteroatoms. The van der Waals surface area contributed by atoms with Crippen molar-refractivity contribution >= 4 is 5.91 Å². The third kappa shape index (κ3) is 4.06. The number of ether oxygens (including phenoxy) is 1. The molecule has 0 spiro atoms. The summed E-state index contributed by atoms with van der Waals surface area (Å²) in [5.74, 6) is 1.71. The monoisotopic (exact) mass is 342 g/mol. The number of likely N-dealkylation sites (tertiary alicyclic amines) is 1. The van der Waals surface area contributed by atoms with Crippen LogP contribution in [-0.4, -0.2) is 61.6 Å². The van der Waals surface area contributed by atoms with Gasteiger partial charge in [0, 0.05) is 38.6 Å². The molecular weight excluding hydrogens is 312 g/mol. The van der Waals surface area contributed by atoms with E-state index in [-0.39, 0.29) is 5.92 Å². The third-order valence-electron chi connectivity index (χ3n) is 6.03. The van der Waals surface area contributed by atoms with Crippen molar-refractivity contribution in [3.05, 3.63) is 35.4 Å². The van der Waals surface area contributed by atoms with E-state index >= 15 is 0 Å². The Hall–Kier alpha value is -1.39. The maximum atomic E-state index is 13.0. The Labute approximate surface area is 151 Å². The largest absolute Gasteiger partial charge is 0.379 e. The van der Waals surface area contributed by atoms with Gasteiger partial charge in [-0.3, -0.25) is 9.69 Å². The molecule has 0 unspecified atom stereocenters. The minimum absolute atomic E-state index is 0.226. The summed E-state index contributed by atoms with van der Waals surface area (Å²) in [7, 11) is 0. The fourth-order valence-electron chi connectivity index (χ4n) is 4.53. The number of aryl methyl sites for hydroxylation is 1. The van der Waals surface area contributed by atoms with E-state index in [0.29, 0.717) is 17.7 Å². The average molecular weight is 342 g/mol. The Morgan fingerprint density at radius 2 is 2.08 bits per heavy atom. The van der Waals surface area contributed by atoms with Gasteiger partial charge in [0.25, 0.3) is 0 Å². The predicted octanol–water partition coefficient (Wildman–Crippen LogP) is 2.67. The van der Waals surface area contributed by atoms with Crippen molar-refractivity contribution < 1.29 is 9.53 Å². The van der Waals surface area contributed by atoms with E-state index in [2.05, 4.69) is 41.0 Å². The van der Waals surface area contributed by atoms with Crippen LogP contribution in [0.15, 0.2) is 24.3 Å². The highest BCUT2D eigenvalue weighted by molar-refractivity contribution is 5.83. The normalized spacial score (nSPS) is 30.3. The zero-order chi connectivity index (χ0) is 17.2. The maximum Gasteiger partial charge on any atom is 0.226 e. The smallest absolute Gasteiger partial charge is 0.226 e. The molecule has 1 aromatic rings. The summed E-state index contributed by atoms with van der Waals surface area (Å²) in [6.45, 7) is 8.96. The van der Waals surface area contributed by atoms with E-state index in [0.717, 1.165) is 58.8 Å². The number of rotatable bonds is 4. The fourth-order valence-corrected chi connectivity index (χ4v) is 4.53. The quantitative estimate of drug-likeness (QED) is 0.843. The molecule has 4 rings (SSSR count). The van der Waals surface area contributed by atoms with E-state index in [1.54, 1.807) is 0 Å². The molecule has 1 aliphatic carbocycles. The first-order valence-corrected chi connectivity index (χ1v) is 9.86. The van der Waals surface area contributed by atoms with Crippen LogP contribution >= 0.6 is 0 Å². The van der Waals surface area contributed by atoms with E-state index in [9.17, 15) is 4.79 Å². The van der Waals surface area contributed by atoms with Gasteiger partial charge < -0.3 is 9.64 Å². The highest BCUT2D eigenvalue weighted by Crippen LogP contribution is 2.48. The molecule has 1 amide bonds. The number of morpholine rings is 1. The van der Waals surface area contributed by atoms with Crippen LogP contribution in [0.1, 0.15) is 36.3 Å². The molecule has 1 saturated carbocycles. The van der Waals surface area contributed by atoms with Crippen molar-refractivity contribution in [1.82, 2.24) is 9.80 Å². The summed E-state index contributed by atoms with van der Waals surface area (Å²) >= 11 is 0. The van der Waals surface area contributed by atoms with Gasteiger partial charge in [-0.2, -0.15) is 0 Å². The Kier molecular flexibility index (Phi) is 5.09. The maximum absolute atomic E-state index is 13.0. The van der Waals surface area contributed by atoms with E-state index in [1.807, 2.05) is 0 Å². The van der Waals surface area contributed by atoms with Crippen LogP contribution in [0.3, 0.4) is 0 Å². The Balaban J connectivity index is 1.31. The second-order valence-electron chi connectivity index (χ2n) is 8.07. The Morgan fingerprint density at radius 3 is 2.88 bits per heavy atom. The molecule has 25 heavy (non-hydrogen) atoms.